The normalized spacial score (nSPS) is 9.62. The molecule has 0 aliphatic heterocycles. The first-order valence-corrected chi connectivity index (χ1v) is 3.15. The molecule has 0 spiro atoms. The van der Waals surface area contributed by atoms with Crippen molar-refractivity contribution in [3.63, 3.8) is 0 Å². The van der Waals surface area contributed by atoms with Crippen LogP contribution in [0.5, 0.6) is 0 Å². The summed E-state index contributed by atoms with van der Waals surface area (Å²) in [5, 5.41) is 11.1. The van der Waals surface area contributed by atoms with E-state index in [1.165, 1.54) is 0 Å². The summed E-state index contributed by atoms with van der Waals surface area (Å²) in [6.07, 6.45) is 2.29. The Morgan fingerprint density at radius 3 is 3.25 bits per heavy atom. The molecular formula is C5H6NOS. The molecule has 43 valence electrons. The largest absolute Gasteiger partial charge is 0.390 e. The van der Waals surface area contributed by atoms with Crippen LogP contribution < -0.4 is 0 Å². The van der Waals surface area contributed by atoms with E-state index in [1.54, 1.807) is 17.5 Å². The Hall–Kier alpha value is -0.410. The van der Waals surface area contributed by atoms with Gasteiger partial charge in [0.15, 0.2) is 0 Å². The van der Waals surface area contributed by atoms with Gasteiger partial charge in [0.05, 0.1) is 11.6 Å². The van der Waals surface area contributed by atoms with E-state index in [4.69, 9.17) is 5.11 Å². The van der Waals surface area contributed by atoms with Crippen molar-refractivity contribution < 1.29 is 5.11 Å². The minimum absolute atomic E-state index is 0.567. The minimum atomic E-state index is 0.567. The van der Waals surface area contributed by atoms with Gasteiger partial charge >= 0.3 is 0 Å². The number of hydrogen-bond donors (Lipinski definition) is 1. The maximum absolute atomic E-state index is 8.28. The fourth-order valence-corrected chi connectivity index (χ4v) is 1.00. The van der Waals surface area contributed by atoms with Crippen LogP contribution in [0.1, 0.15) is 5.01 Å². The number of nitrogens with zero attached hydrogens (tertiary/aromatic N) is 1. The lowest BCUT2D eigenvalue weighted by Gasteiger charge is -1.83. The number of rotatable bonds is 2. The molecule has 1 N–H and O–H groups in total. The van der Waals surface area contributed by atoms with Gasteiger partial charge in [-0.05, 0) is 0 Å². The molecule has 1 rings (SSSR count). The fraction of sp³-hybridized carbons (Fsp3) is 0.200. The van der Waals surface area contributed by atoms with Gasteiger partial charge in [0.1, 0.15) is 0 Å². The standard InChI is InChI=1S/C5H6NOS/c7-3-1-5-6-2-4-8-5/h2-4,7H,1H2. The summed E-state index contributed by atoms with van der Waals surface area (Å²) in [5.41, 5.74) is 0. The maximum atomic E-state index is 8.28. The molecule has 0 aliphatic carbocycles. The minimum Gasteiger partial charge on any atom is -0.390 e. The summed E-state index contributed by atoms with van der Waals surface area (Å²) in [4.78, 5) is 3.93. The number of thiazole rings is 1. The average molecular weight is 128 g/mol. The van der Waals surface area contributed by atoms with E-state index in [0.717, 1.165) is 11.6 Å². The van der Waals surface area contributed by atoms with Gasteiger partial charge in [-0.3, -0.25) is 0 Å². The lowest BCUT2D eigenvalue weighted by molar-refractivity contribution is 0.385. The third-order valence-corrected chi connectivity index (χ3v) is 1.55. The highest BCUT2D eigenvalue weighted by molar-refractivity contribution is 7.09. The second-order valence-corrected chi connectivity index (χ2v) is 2.29. The Labute approximate surface area is 51.8 Å². The van der Waals surface area contributed by atoms with Crippen molar-refractivity contribution in [3.05, 3.63) is 23.2 Å². The van der Waals surface area contributed by atoms with Gasteiger partial charge in [0, 0.05) is 18.0 Å². The quantitative estimate of drug-likeness (QED) is 0.649. The Balaban J connectivity index is 2.50. The highest BCUT2D eigenvalue weighted by Crippen LogP contribution is 2.04. The molecule has 0 amide bonds. The smallest absolute Gasteiger partial charge is 0.0951 e. The average Bonchev–Trinajstić information content (AvgIpc) is 2.19. The number of aliphatic hydroxyl groups excluding tert-OH is 1. The van der Waals surface area contributed by atoms with E-state index in [9.17, 15) is 0 Å². The topological polar surface area (TPSA) is 33.1 Å². The van der Waals surface area contributed by atoms with Crippen LogP contribution in [0.2, 0.25) is 0 Å². The summed E-state index contributed by atoms with van der Waals surface area (Å²) in [7, 11) is 0. The van der Waals surface area contributed by atoms with Crippen LogP contribution in [0.15, 0.2) is 11.6 Å². The summed E-state index contributed by atoms with van der Waals surface area (Å²) in [6, 6.07) is 0. The van der Waals surface area contributed by atoms with E-state index < -0.39 is 0 Å². The van der Waals surface area contributed by atoms with Gasteiger partial charge in [0.2, 0.25) is 0 Å². The molecule has 1 aromatic heterocycles. The molecule has 0 saturated carbocycles. The second-order valence-electron chi connectivity index (χ2n) is 1.31. The molecule has 0 bridgehead atoms. The SMILES string of the molecule is O[CH]Cc1nccs1. The van der Waals surface area contributed by atoms with E-state index in [-0.39, 0.29) is 0 Å². The second kappa shape index (κ2) is 2.79. The van der Waals surface area contributed by atoms with Crippen LogP contribution in [0.3, 0.4) is 0 Å². The van der Waals surface area contributed by atoms with Crippen LogP contribution in [-0.2, 0) is 6.42 Å². The van der Waals surface area contributed by atoms with Crippen molar-refractivity contribution >= 4 is 11.3 Å². The van der Waals surface area contributed by atoms with Crippen LogP contribution in [0.25, 0.3) is 0 Å². The summed E-state index contributed by atoms with van der Waals surface area (Å²) < 4.78 is 0. The monoisotopic (exact) mass is 128 g/mol. The lowest BCUT2D eigenvalue weighted by atomic mass is 10.5. The van der Waals surface area contributed by atoms with Crippen molar-refractivity contribution in [2.45, 2.75) is 6.42 Å². The van der Waals surface area contributed by atoms with Crippen molar-refractivity contribution in [1.29, 1.82) is 0 Å². The first-order valence-electron chi connectivity index (χ1n) is 2.27. The van der Waals surface area contributed by atoms with Gasteiger partial charge in [-0.25, -0.2) is 4.98 Å². The third kappa shape index (κ3) is 1.28. The van der Waals surface area contributed by atoms with E-state index in [2.05, 4.69) is 4.98 Å². The molecule has 0 atom stereocenters. The van der Waals surface area contributed by atoms with Gasteiger partial charge in [-0.1, -0.05) is 0 Å². The predicted molar refractivity (Wildman–Crippen MR) is 32.1 cm³/mol. The number of hydrogen-bond acceptors (Lipinski definition) is 3. The van der Waals surface area contributed by atoms with Gasteiger partial charge < -0.3 is 5.11 Å². The zero-order valence-electron chi connectivity index (χ0n) is 4.24. The molecule has 2 nitrogen and oxygen atoms in total. The van der Waals surface area contributed by atoms with Crippen LogP contribution in [-0.4, -0.2) is 10.1 Å². The summed E-state index contributed by atoms with van der Waals surface area (Å²) in [5.74, 6) is 0. The maximum Gasteiger partial charge on any atom is 0.0951 e. The molecule has 1 radical (unpaired) electrons. The van der Waals surface area contributed by atoms with Crippen LogP contribution in [0, 0.1) is 6.61 Å². The Bertz CT molecular complexity index is 138. The summed E-state index contributed by atoms with van der Waals surface area (Å²) >= 11 is 1.55. The van der Waals surface area contributed by atoms with E-state index in [1.807, 2.05) is 5.38 Å². The van der Waals surface area contributed by atoms with Crippen LogP contribution >= 0.6 is 11.3 Å². The molecule has 1 heterocycles. The molecule has 8 heavy (non-hydrogen) atoms. The zero-order chi connectivity index (χ0) is 5.82. The molecule has 0 aliphatic rings. The Morgan fingerprint density at radius 2 is 2.75 bits per heavy atom. The Morgan fingerprint density at radius 1 is 1.88 bits per heavy atom. The van der Waals surface area contributed by atoms with Crippen molar-refractivity contribution in [1.82, 2.24) is 4.98 Å². The first kappa shape index (κ1) is 5.72. The van der Waals surface area contributed by atoms with E-state index in [0.29, 0.717) is 6.42 Å². The number of aliphatic hydroxyl groups is 1. The highest BCUT2D eigenvalue weighted by Gasteiger charge is 1.90. The zero-order valence-corrected chi connectivity index (χ0v) is 5.06. The first-order chi connectivity index (χ1) is 3.93. The Kier molecular flexibility index (Phi) is 2.00. The van der Waals surface area contributed by atoms with Gasteiger partial charge in [0.25, 0.3) is 0 Å². The summed E-state index contributed by atoms with van der Waals surface area (Å²) in [6.45, 7) is 1.11. The van der Waals surface area contributed by atoms with Crippen molar-refractivity contribution in [3.8, 4) is 0 Å². The molecule has 0 saturated heterocycles. The van der Waals surface area contributed by atoms with Gasteiger partial charge in [-0.15, -0.1) is 11.3 Å². The van der Waals surface area contributed by atoms with Crippen molar-refractivity contribution in [2.24, 2.45) is 0 Å². The van der Waals surface area contributed by atoms with E-state index >= 15 is 0 Å². The molecule has 0 aromatic carbocycles. The molecule has 1 aromatic rings. The fourth-order valence-electron chi connectivity index (χ4n) is 0.432. The van der Waals surface area contributed by atoms with Crippen LogP contribution in [0.4, 0.5) is 0 Å². The highest BCUT2D eigenvalue weighted by atomic mass is 32.1. The molecule has 3 heteroatoms. The molecular weight excluding hydrogens is 122 g/mol. The molecule has 0 fully saturated rings. The third-order valence-electron chi connectivity index (χ3n) is 0.749. The predicted octanol–water partition coefficient (Wildman–Crippen LogP) is 1.22. The van der Waals surface area contributed by atoms with Gasteiger partial charge in [-0.2, -0.15) is 0 Å². The van der Waals surface area contributed by atoms with Crippen molar-refractivity contribution in [2.75, 3.05) is 0 Å². The lowest BCUT2D eigenvalue weighted by Crippen LogP contribution is -1.80. The molecule has 0 unspecified atom stereocenters. The number of aromatic nitrogens is 1.